The summed E-state index contributed by atoms with van der Waals surface area (Å²) < 4.78 is 2.70. The summed E-state index contributed by atoms with van der Waals surface area (Å²) in [6.07, 6.45) is 0. The third-order valence-corrected chi connectivity index (χ3v) is 13.4. The second kappa shape index (κ2) is 12.0. The molecule has 9 aromatic carbocycles. The van der Waals surface area contributed by atoms with Crippen LogP contribution in [0.1, 0.15) is 45.2 Å². The van der Waals surface area contributed by atoms with Crippen molar-refractivity contribution in [3.8, 4) is 44.5 Å². The Morgan fingerprint density at radius 1 is 0.291 bits per heavy atom. The molecule has 0 radical (unpaired) electrons. The van der Waals surface area contributed by atoms with Crippen molar-refractivity contribution in [2.45, 2.75) is 11.8 Å². The van der Waals surface area contributed by atoms with Crippen LogP contribution in [0.25, 0.3) is 75.5 Å². The lowest BCUT2D eigenvalue weighted by molar-refractivity contribution is 1.02. The van der Waals surface area contributed by atoms with Gasteiger partial charge in [-0.15, -0.1) is 11.3 Å². The fourth-order valence-electron chi connectivity index (χ4n) is 9.73. The molecule has 10 aromatic rings. The zero-order valence-electron chi connectivity index (χ0n) is 30.0. The third-order valence-electron chi connectivity index (χ3n) is 12.3. The molecule has 2 aliphatic rings. The topological polar surface area (TPSA) is 0 Å². The van der Waals surface area contributed by atoms with Gasteiger partial charge in [0.15, 0.2) is 0 Å². The highest BCUT2D eigenvalue weighted by Gasteiger charge is 2.33. The molecule has 0 spiro atoms. The summed E-state index contributed by atoms with van der Waals surface area (Å²) in [6, 6.07) is 72.8. The molecule has 2 aliphatic carbocycles. The predicted molar refractivity (Wildman–Crippen MR) is 233 cm³/mol. The maximum Gasteiger partial charge on any atom is 0.0361 e. The Morgan fingerprint density at radius 3 is 1.71 bits per heavy atom. The molecule has 55 heavy (non-hydrogen) atoms. The van der Waals surface area contributed by atoms with Crippen LogP contribution in [0.4, 0.5) is 0 Å². The first-order valence-corrected chi connectivity index (χ1v) is 20.0. The largest absolute Gasteiger partial charge is 0.135 e. The number of hydrogen-bond donors (Lipinski definition) is 0. The van der Waals surface area contributed by atoms with E-state index in [1.807, 2.05) is 11.3 Å². The van der Waals surface area contributed by atoms with Crippen molar-refractivity contribution in [1.29, 1.82) is 0 Å². The van der Waals surface area contributed by atoms with Gasteiger partial charge in [-0.25, -0.2) is 0 Å². The van der Waals surface area contributed by atoms with Crippen LogP contribution in [0.5, 0.6) is 0 Å². The molecule has 0 fully saturated rings. The Hall–Kier alpha value is -6.54. The minimum absolute atomic E-state index is 0.161. The second-order valence-corrected chi connectivity index (χ2v) is 16.2. The van der Waals surface area contributed by atoms with E-state index in [0.29, 0.717) is 0 Å². The summed E-state index contributed by atoms with van der Waals surface area (Å²) >= 11 is 1.91. The van der Waals surface area contributed by atoms with Crippen molar-refractivity contribution in [2.75, 3.05) is 0 Å². The van der Waals surface area contributed by atoms with E-state index in [9.17, 15) is 0 Å². The van der Waals surface area contributed by atoms with Gasteiger partial charge in [0.1, 0.15) is 0 Å². The summed E-state index contributed by atoms with van der Waals surface area (Å²) in [5.41, 5.74) is 18.7. The number of rotatable bonds is 4. The molecule has 0 N–H and O–H groups in total. The molecule has 12 rings (SSSR count). The molecule has 256 valence electrons. The number of benzene rings is 9. The average Bonchev–Trinajstić information content (AvgIpc) is 3.89. The van der Waals surface area contributed by atoms with Crippen molar-refractivity contribution in [1.82, 2.24) is 0 Å². The molecule has 1 aromatic heterocycles. The molecule has 0 nitrogen and oxygen atoms in total. The molecular formula is C54H34S. The summed E-state index contributed by atoms with van der Waals surface area (Å²) in [4.78, 5) is 0. The molecule has 2 atom stereocenters. The van der Waals surface area contributed by atoms with Crippen LogP contribution in [0.2, 0.25) is 0 Å². The van der Waals surface area contributed by atoms with Gasteiger partial charge in [-0.3, -0.25) is 0 Å². The predicted octanol–water partition coefficient (Wildman–Crippen LogP) is 14.9. The van der Waals surface area contributed by atoms with Gasteiger partial charge in [0, 0.05) is 32.0 Å². The van der Waals surface area contributed by atoms with Crippen molar-refractivity contribution in [3.05, 3.63) is 228 Å². The quantitative estimate of drug-likeness (QED) is 0.170. The molecule has 1 heterocycles. The fraction of sp³-hybridized carbons (Fsp3) is 0.0370. The van der Waals surface area contributed by atoms with Crippen LogP contribution < -0.4 is 0 Å². The van der Waals surface area contributed by atoms with Crippen molar-refractivity contribution >= 4 is 42.3 Å². The van der Waals surface area contributed by atoms with Crippen LogP contribution in [-0.4, -0.2) is 0 Å². The van der Waals surface area contributed by atoms with Crippen LogP contribution in [0.3, 0.4) is 0 Å². The highest BCUT2D eigenvalue weighted by atomic mass is 32.1. The zero-order valence-corrected chi connectivity index (χ0v) is 30.9. The maximum absolute atomic E-state index is 2.51. The minimum Gasteiger partial charge on any atom is -0.135 e. The van der Waals surface area contributed by atoms with E-state index in [1.165, 1.54) is 109 Å². The smallest absolute Gasteiger partial charge is 0.0361 e. The lowest BCUT2D eigenvalue weighted by Crippen LogP contribution is -2.00. The van der Waals surface area contributed by atoms with E-state index < -0.39 is 0 Å². The van der Waals surface area contributed by atoms with Gasteiger partial charge in [0.2, 0.25) is 0 Å². The molecule has 0 bridgehead atoms. The first-order valence-electron chi connectivity index (χ1n) is 19.2. The van der Waals surface area contributed by atoms with E-state index in [2.05, 4.69) is 194 Å². The Morgan fingerprint density at radius 2 is 0.873 bits per heavy atom. The zero-order chi connectivity index (χ0) is 36.0. The van der Waals surface area contributed by atoms with Gasteiger partial charge in [-0.1, -0.05) is 164 Å². The van der Waals surface area contributed by atoms with Gasteiger partial charge >= 0.3 is 0 Å². The third kappa shape index (κ3) is 4.70. The maximum atomic E-state index is 2.51. The standard InChI is InChI=1S/C54H34S/c1-2-11-33(12-3-1)34-21-23-36(24-22-34)53-43-18-7-6-16-40(43)46-29-37(25-27-44(46)53)38-26-28-45-47(30-38)48-32-52-49(41-17-8-9-20-51(41)55-52)31-50(48)54(45)42-19-10-14-35-13-4-5-15-39(35)42/h1-32,53-54H. The summed E-state index contributed by atoms with van der Waals surface area (Å²) in [7, 11) is 0. The Balaban J connectivity index is 1.00. The summed E-state index contributed by atoms with van der Waals surface area (Å²) in [6.45, 7) is 0. The van der Waals surface area contributed by atoms with Crippen molar-refractivity contribution in [2.24, 2.45) is 0 Å². The van der Waals surface area contributed by atoms with Crippen LogP contribution >= 0.6 is 11.3 Å². The molecule has 2 unspecified atom stereocenters. The molecule has 0 amide bonds. The van der Waals surface area contributed by atoms with Crippen molar-refractivity contribution < 1.29 is 0 Å². The SMILES string of the molecule is c1ccc(-c2ccc(C3c4ccccc4-c4cc(-c5ccc6c(c5)-c5cc7sc8ccccc8c7cc5C6c5cccc6ccccc56)ccc43)cc2)cc1. The van der Waals surface area contributed by atoms with Crippen molar-refractivity contribution in [3.63, 3.8) is 0 Å². The monoisotopic (exact) mass is 714 g/mol. The highest BCUT2D eigenvalue weighted by molar-refractivity contribution is 7.25. The average molecular weight is 715 g/mol. The van der Waals surface area contributed by atoms with E-state index in [4.69, 9.17) is 0 Å². The van der Waals surface area contributed by atoms with E-state index >= 15 is 0 Å². The summed E-state index contributed by atoms with van der Waals surface area (Å²) in [5, 5.41) is 5.33. The number of thiophene rings is 1. The fourth-order valence-corrected chi connectivity index (χ4v) is 10.9. The normalized spacial score (nSPS) is 15.3. The van der Waals surface area contributed by atoms with Gasteiger partial charge in [-0.2, -0.15) is 0 Å². The van der Waals surface area contributed by atoms with Crippen LogP contribution in [0.15, 0.2) is 194 Å². The second-order valence-electron chi connectivity index (χ2n) is 15.1. The molecule has 0 saturated carbocycles. The van der Waals surface area contributed by atoms with E-state index in [-0.39, 0.29) is 11.8 Å². The first-order chi connectivity index (χ1) is 27.3. The van der Waals surface area contributed by atoms with Gasteiger partial charge in [-0.05, 0) is 119 Å². The molecule has 0 saturated heterocycles. The number of hydrogen-bond acceptors (Lipinski definition) is 1. The van der Waals surface area contributed by atoms with Gasteiger partial charge in [0.25, 0.3) is 0 Å². The van der Waals surface area contributed by atoms with E-state index in [1.54, 1.807) is 0 Å². The summed E-state index contributed by atoms with van der Waals surface area (Å²) in [5.74, 6) is 0.372. The highest BCUT2D eigenvalue weighted by Crippen LogP contribution is 2.54. The van der Waals surface area contributed by atoms with Gasteiger partial charge in [0.05, 0.1) is 0 Å². The van der Waals surface area contributed by atoms with Crippen LogP contribution in [0, 0.1) is 0 Å². The minimum atomic E-state index is 0.161. The lowest BCUT2D eigenvalue weighted by atomic mass is 9.85. The Kier molecular flexibility index (Phi) is 6.73. The molecule has 0 aliphatic heterocycles. The van der Waals surface area contributed by atoms with Crippen LogP contribution in [-0.2, 0) is 0 Å². The first kappa shape index (κ1) is 30.9. The Labute approximate surface area is 324 Å². The van der Waals surface area contributed by atoms with E-state index in [0.717, 1.165) is 0 Å². The lowest BCUT2D eigenvalue weighted by Gasteiger charge is -2.18. The Bertz CT molecular complexity index is 3140. The number of fused-ring (bicyclic) bond motifs is 10. The molecular weight excluding hydrogens is 681 g/mol. The van der Waals surface area contributed by atoms with Gasteiger partial charge < -0.3 is 0 Å². The molecule has 1 heteroatoms.